The van der Waals surface area contributed by atoms with Gasteiger partial charge in [-0.2, -0.15) is 0 Å². The molecule has 1 aromatic heterocycles. The van der Waals surface area contributed by atoms with Gasteiger partial charge in [0, 0.05) is 18.3 Å². The minimum absolute atomic E-state index is 0.0265. The molecule has 5 N–H and O–H groups in total. The number of alkyl carbamates (subject to hydrolysis) is 1. The number of anilines is 1. The number of amides is 1. The lowest BCUT2D eigenvalue weighted by molar-refractivity contribution is 0.0127. The molecule has 0 aliphatic carbocycles. The van der Waals surface area contributed by atoms with Crippen LogP contribution in [-0.2, 0) is 9.47 Å². The maximum Gasteiger partial charge on any atom is 0.407 e. The van der Waals surface area contributed by atoms with Crippen LogP contribution in [0.4, 0.5) is 10.6 Å². The molecule has 134 valence electrons. The van der Waals surface area contributed by atoms with Crippen molar-refractivity contribution in [1.29, 1.82) is 0 Å². The van der Waals surface area contributed by atoms with Gasteiger partial charge in [-0.3, -0.25) is 0 Å². The second-order valence-corrected chi connectivity index (χ2v) is 6.09. The largest absolute Gasteiger partial charge is 0.465 e. The number of methoxy groups -OCH3 is 1. The third kappa shape index (κ3) is 5.67. The van der Waals surface area contributed by atoms with Crippen LogP contribution >= 0.6 is 0 Å². The first kappa shape index (κ1) is 19.7. The fraction of sp³-hybridized carbons (Fsp3) is 0.533. The van der Waals surface area contributed by atoms with Gasteiger partial charge in [0.25, 0.3) is 0 Å². The van der Waals surface area contributed by atoms with E-state index in [0.717, 1.165) is 0 Å². The average molecular weight is 341 g/mol. The number of nitrogen functional groups attached to an aromatic ring is 1. The Morgan fingerprint density at radius 3 is 2.54 bits per heavy atom. The van der Waals surface area contributed by atoms with Crippen molar-refractivity contribution < 1.29 is 29.3 Å². The van der Waals surface area contributed by atoms with Crippen molar-refractivity contribution in [1.82, 2.24) is 10.3 Å². The Hall–Kier alpha value is -2.39. The number of rotatable bonds is 5. The van der Waals surface area contributed by atoms with Crippen LogP contribution in [0.15, 0.2) is 12.3 Å². The van der Waals surface area contributed by atoms with Crippen LogP contribution in [0.25, 0.3) is 0 Å². The van der Waals surface area contributed by atoms with Gasteiger partial charge in [0.1, 0.15) is 29.2 Å². The molecule has 1 aromatic rings. The zero-order valence-electron chi connectivity index (χ0n) is 14.1. The number of aliphatic hydroxyl groups excluding tert-OH is 2. The van der Waals surface area contributed by atoms with Gasteiger partial charge >= 0.3 is 12.1 Å². The van der Waals surface area contributed by atoms with Crippen LogP contribution in [0.5, 0.6) is 0 Å². The number of aliphatic hydroxyl groups is 2. The minimum atomic E-state index is -1.39. The lowest BCUT2D eigenvalue weighted by Gasteiger charge is -2.22. The maximum absolute atomic E-state index is 11.6. The summed E-state index contributed by atoms with van der Waals surface area (Å²) in [7, 11) is 1.18. The smallest absolute Gasteiger partial charge is 0.407 e. The summed E-state index contributed by atoms with van der Waals surface area (Å²) in [6, 6.07) is 1.27. The summed E-state index contributed by atoms with van der Waals surface area (Å²) in [5.41, 5.74) is 5.02. The van der Waals surface area contributed by atoms with Gasteiger partial charge in [-0.25, -0.2) is 14.6 Å². The SMILES string of the molecule is COC(=O)c1cc(C(O)C(O)CNC(=O)OC(C)(C)C)cnc1N. The van der Waals surface area contributed by atoms with Crippen molar-refractivity contribution in [3.63, 3.8) is 0 Å². The summed E-state index contributed by atoms with van der Waals surface area (Å²) in [5, 5.41) is 22.4. The van der Waals surface area contributed by atoms with E-state index in [1.165, 1.54) is 19.4 Å². The summed E-state index contributed by atoms with van der Waals surface area (Å²) >= 11 is 0. The monoisotopic (exact) mass is 341 g/mol. The molecule has 0 aliphatic rings. The summed E-state index contributed by atoms with van der Waals surface area (Å²) in [4.78, 5) is 26.9. The maximum atomic E-state index is 11.6. The molecule has 0 fully saturated rings. The van der Waals surface area contributed by atoms with Crippen molar-refractivity contribution in [2.24, 2.45) is 0 Å². The average Bonchev–Trinajstić information content (AvgIpc) is 2.50. The van der Waals surface area contributed by atoms with Crippen LogP contribution in [-0.4, -0.2) is 52.6 Å². The number of esters is 1. The first-order valence-electron chi connectivity index (χ1n) is 7.22. The number of nitrogens with one attached hydrogen (secondary N) is 1. The highest BCUT2D eigenvalue weighted by Crippen LogP contribution is 2.20. The summed E-state index contributed by atoms with van der Waals surface area (Å²) in [6.07, 6.45) is -2.23. The molecular weight excluding hydrogens is 318 g/mol. The van der Waals surface area contributed by atoms with Crippen LogP contribution in [0.1, 0.15) is 42.8 Å². The van der Waals surface area contributed by atoms with E-state index in [1.54, 1.807) is 20.8 Å². The highest BCUT2D eigenvalue weighted by Gasteiger charge is 2.23. The van der Waals surface area contributed by atoms with Gasteiger partial charge in [0.15, 0.2) is 0 Å². The fourth-order valence-electron chi connectivity index (χ4n) is 1.76. The Balaban J connectivity index is 2.74. The Morgan fingerprint density at radius 2 is 2.00 bits per heavy atom. The lowest BCUT2D eigenvalue weighted by atomic mass is 10.0. The highest BCUT2D eigenvalue weighted by atomic mass is 16.6. The van der Waals surface area contributed by atoms with E-state index in [4.69, 9.17) is 10.5 Å². The number of nitrogens with zero attached hydrogens (tertiary/aromatic N) is 1. The molecule has 0 aliphatic heterocycles. The van der Waals surface area contributed by atoms with E-state index >= 15 is 0 Å². The number of hydrogen-bond acceptors (Lipinski definition) is 8. The van der Waals surface area contributed by atoms with E-state index in [9.17, 15) is 19.8 Å². The standard InChI is InChI=1S/C15H23N3O6/c1-15(2,3)24-14(22)18-7-10(19)11(20)8-5-9(13(21)23-4)12(16)17-6-8/h5-6,10-11,19-20H,7H2,1-4H3,(H2,16,17)(H,18,22). The van der Waals surface area contributed by atoms with E-state index in [0.29, 0.717) is 0 Å². The summed E-state index contributed by atoms with van der Waals surface area (Å²) in [6.45, 7) is 4.85. The minimum Gasteiger partial charge on any atom is -0.465 e. The van der Waals surface area contributed by atoms with Crippen LogP contribution < -0.4 is 11.1 Å². The predicted octanol–water partition coefficient (Wildman–Crippen LogP) is 0.369. The number of pyridine rings is 1. The molecule has 0 saturated carbocycles. The molecular formula is C15H23N3O6. The predicted molar refractivity (Wildman–Crippen MR) is 85.2 cm³/mol. The molecule has 2 unspecified atom stereocenters. The lowest BCUT2D eigenvalue weighted by Crippen LogP contribution is -2.38. The number of ether oxygens (including phenoxy) is 2. The third-order valence-electron chi connectivity index (χ3n) is 2.91. The van der Waals surface area contributed by atoms with Gasteiger partial charge < -0.3 is 30.7 Å². The first-order valence-corrected chi connectivity index (χ1v) is 7.22. The molecule has 0 radical (unpaired) electrons. The van der Waals surface area contributed by atoms with Crippen molar-refractivity contribution in [2.75, 3.05) is 19.4 Å². The van der Waals surface area contributed by atoms with Crippen molar-refractivity contribution in [2.45, 2.75) is 38.6 Å². The van der Waals surface area contributed by atoms with Crippen molar-refractivity contribution >= 4 is 17.9 Å². The van der Waals surface area contributed by atoms with E-state index in [-0.39, 0.29) is 23.5 Å². The Labute approximate surface area is 139 Å². The number of aromatic nitrogens is 1. The van der Waals surface area contributed by atoms with Crippen LogP contribution in [0.2, 0.25) is 0 Å². The molecule has 0 saturated heterocycles. The number of hydrogen-bond donors (Lipinski definition) is 4. The molecule has 9 heteroatoms. The van der Waals surface area contributed by atoms with Crippen molar-refractivity contribution in [3.8, 4) is 0 Å². The number of carbonyl (C=O) groups excluding carboxylic acids is 2. The quantitative estimate of drug-likeness (QED) is 0.562. The Bertz CT molecular complexity index is 599. The molecule has 24 heavy (non-hydrogen) atoms. The second-order valence-electron chi connectivity index (χ2n) is 6.09. The summed E-state index contributed by atoms with van der Waals surface area (Å²) in [5.74, 6) is -0.769. The van der Waals surface area contributed by atoms with Crippen LogP contribution in [0, 0.1) is 0 Å². The fourth-order valence-corrected chi connectivity index (χ4v) is 1.76. The Kier molecular flexibility index (Phi) is 6.50. The second kappa shape index (κ2) is 7.93. The van der Waals surface area contributed by atoms with Crippen molar-refractivity contribution in [3.05, 3.63) is 23.4 Å². The van der Waals surface area contributed by atoms with Gasteiger partial charge in [-0.1, -0.05) is 0 Å². The van der Waals surface area contributed by atoms with Gasteiger partial charge in [0.05, 0.1) is 7.11 Å². The van der Waals surface area contributed by atoms with Gasteiger partial charge in [0.2, 0.25) is 0 Å². The topological polar surface area (TPSA) is 144 Å². The molecule has 1 heterocycles. The number of nitrogens with two attached hydrogens (primary N) is 1. The Morgan fingerprint density at radius 1 is 1.38 bits per heavy atom. The molecule has 9 nitrogen and oxygen atoms in total. The van der Waals surface area contributed by atoms with E-state index < -0.39 is 29.9 Å². The van der Waals surface area contributed by atoms with E-state index in [2.05, 4.69) is 15.0 Å². The molecule has 1 amide bonds. The zero-order chi connectivity index (χ0) is 18.5. The van der Waals surface area contributed by atoms with Crippen LogP contribution in [0.3, 0.4) is 0 Å². The summed E-state index contributed by atoms with van der Waals surface area (Å²) < 4.78 is 9.58. The molecule has 0 spiro atoms. The molecule has 0 aromatic carbocycles. The molecule has 1 rings (SSSR count). The normalized spacial score (nSPS) is 13.8. The molecule has 0 bridgehead atoms. The van der Waals surface area contributed by atoms with E-state index in [1.807, 2.05) is 0 Å². The zero-order valence-corrected chi connectivity index (χ0v) is 14.1. The van der Waals surface area contributed by atoms with Gasteiger partial charge in [-0.15, -0.1) is 0 Å². The first-order chi connectivity index (χ1) is 11.0. The van der Waals surface area contributed by atoms with Gasteiger partial charge in [-0.05, 0) is 26.8 Å². The third-order valence-corrected chi connectivity index (χ3v) is 2.91. The highest BCUT2D eigenvalue weighted by molar-refractivity contribution is 5.94. The molecule has 2 atom stereocenters. The number of carbonyl (C=O) groups is 2.